The molecule has 0 aliphatic carbocycles. The van der Waals surface area contributed by atoms with E-state index >= 15 is 0 Å². The minimum atomic E-state index is -0.602. The minimum absolute atomic E-state index is 0.602. The van der Waals surface area contributed by atoms with Crippen LogP contribution in [0.4, 0.5) is 0 Å². The van der Waals surface area contributed by atoms with Gasteiger partial charge >= 0.3 is 0 Å². The van der Waals surface area contributed by atoms with Crippen molar-refractivity contribution in [3.8, 4) is 0 Å². The van der Waals surface area contributed by atoms with Crippen LogP contribution >= 0.6 is 0 Å². The van der Waals surface area contributed by atoms with Crippen LogP contribution in [0.25, 0.3) is 10.9 Å². The van der Waals surface area contributed by atoms with Crippen molar-refractivity contribution in [2.45, 2.75) is 64.0 Å². The number of likely N-dealkylation sites (tertiary alicyclic amines) is 1. The van der Waals surface area contributed by atoms with Crippen LogP contribution in [-0.4, -0.2) is 52.8 Å². The Labute approximate surface area is 163 Å². The average Bonchev–Trinajstić information content (AvgIpc) is 3.36. The van der Waals surface area contributed by atoms with E-state index in [4.69, 9.17) is 0 Å². The molecule has 2 atom stereocenters. The number of aromatic amines is 1. The second kappa shape index (κ2) is 7.94. The van der Waals surface area contributed by atoms with Crippen LogP contribution in [0.5, 0.6) is 0 Å². The highest BCUT2D eigenvalue weighted by molar-refractivity contribution is 5.84. The van der Waals surface area contributed by atoms with Gasteiger partial charge in [-0.15, -0.1) is 0 Å². The molecule has 2 aromatic rings. The normalized spacial score (nSPS) is 24.3. The number of rotatable bonds is 7. The first-order valence-electron chi connectivity index (χ1n) is 10.7. The Balaban J connectivity index is 1.46. The Morgan fingerprint density at radius 1 is 1.26 bits per heavy atom. The molecule has 4 nitrogen and oxygen atoms in total. The molecule has 27 heavy (non-hydrogen) atoms. The number of fused-ring (bicyclic) bond motifs is 1. The molecule has 2 saturated heterocycles. The average molecular weight is 370 g/mol. The molecule has 0 bridgehead atoms. The molecule has 0 amide bonds. The summed E-state index contributed by atoms with van der Waals surface area (Å²) in [6, 6.07) is 7.43. The number of hydrogen-bond donors (Lipinski definition) is 3. The lowest BCUT2D eigenvalue weighted by atomic mass is 9.96. The molecular weight excluding hydrogens is 334 g/mol. The lowest BCUT2D eigenvalue weighted by molar-refractivity contribution is 0.0714. The van der Waals surface area contributed by atoms with E-state index in [1.54, 1.807) is 0 Å². The van der Waals surface area contributed by atoms with Crippen LogP contribution in [0.3, 0.4) is 0 Å². The summed E-state index contributed by atoms with van der Waals surface area (Å²) < 4.78 is 0. The number of aromatic nitrogens is 1. The summed E-state index contributed by atoms with van der Waals surface area (Å²) in [6.07, 6.45) is 9.08. The predicted molar refractivity (Wildman–Crippen MR) is 112 cm³/mol. The summed E-state index contributed by atoms with van der Waals surface area (Å²) in [5.74, 6) is 0.835. The van der Waals surface area contributed by atoms with Crippen molar-refractivity contribution in [3.63, 3.8) is 0 Å². The molecule has 0 saturated carbocycles. The second-order valence-electron chi connectivity index (χ2n) is 9.36. The van der Waals surface area contributed by atoms with Crippen LogP contribution in [-0.2, 0) is 12.8 Å². The van der Waals surface area contributed by atoms with E-state index in [2.05, 4.69) is 39.6 Å². The summed E-state index contributed by atoms with van der Waals surface area (Å²) in [7, 11) is 0. The molecule has 1 aromatic carbocycles. The number of aryl methyl sites for hydroxylation is 1. The highest BCUT2D eigenvalue weighted by Gasteiger charge is 2.28. The van der Waals surface area contributed by atoms with E-state index in [1.807, 2.05) is 13.8 Å². The van der Waals surface area contributed by atoms with Gasteiger partial charge in [0.15, 0.2) is 0 Å². The standard InChI is InChI=1S/C23H35N3O/c1-23(2,27)9-7-17-5-6-22-21(12-17)19(15-25-22)13-20-4-3-11-26(20)16-18-8-10-24-14-18/h5-6,12,15,18,20,24-25,27H,3-4,7-11,13-14,16H2,1-2H3/t18-,20-/m1/s1. The zero-order valence-corrected chi connectivity index (χ0v) is 16.9. The SMILES string of the molecule is CC(C)(O)CCc1ccc2[nH]cc(C[C@H]3CCCN3C[C@@H]3CCNC3)c2c1. The zero-order chi connectivity index (χ0) is 18.9. The van der Waals surface area contributed by atoms with E-state index < -0.39 is 5.60 Å². The Morgan fingerprint density at radius 3 is 2.93 bits per heavy atom. The van der Waals surface area contributed by atoms with E-state index in [0.29, 0.717) is 6.04 Å². The lowest BCUT2D eigenvalue weighted by Crippen LogP contribution is -2.36. The van der Waals surface area contributed by atoms with Gasteiger partial charge in [0.25, 0.3) is 0 Å². The molecular formula is C23H35N3O. The van der Waals surface area contributed by atoms with Gasteiger partial charge in [-0.1, -0.05) is 6.07 Å². The maximum atomic E-state index is 10.0. The molecule has 0 radical (unpaired) electrons. The summed E-state index contributed by atoms with van der Waals surface area (Å²) in [6.45, 7) is 8.70. The van der Waals surface area contributed by atoms with E-state index in [-0.39, 0.29) is 0 Å². The molecule has 3 heterocycles. The van der Waals surface area contributed by atoms with E-state index in [9.17, 15) is 5.11 Å². The van der Waals surface area contributed by atoms with Gasteiger partial charge in [-0.3, -0.25) is 4.90 Å². The largest absolute Gasteiger partial charge is 0.390 e. The molecule has 0 unspecified atom stereocenters. The fraction of sp³-hybridized carbons (Fsp3) is 0.652. The summed E-state index contributed by atoms with van der Waals surface area (Å²) in [4.78, 5) is 6.22. The quantitative estimate of drug-likeness (QED) is 0.700. The van der Waals surface area contributed by atoms with Crippen molar-refractivity contribution >= 4 is 10.9 Å². The third-order valence-corrected chi connectivity index (χ3v) is 6.47. The summed E-state index contributed by atoms with van der Waals surface area (Å²) >= 11 is 0. The van der Waals surface area contributed by atoms with Gasteiger partial charge in [0.2, 0.25) is 0 Å². The molecule has 2 aliphatic rings. The van der Waals surface area contributed by atoms with Crippen molar-refractivity contribution in [2.75, 3.05) is 26.2 Å². The molecule has 148 valence electrons. The maximum Gasteiger partial charge on any atom is 0.0594 e. The fourth-order valence-corrected chi connectivity index (χ4v) is 4.82. The molecule has 1 aromatic heterocycles. The molecule has 2 aliphatic heterocycles. The van der Waals surface area contributed by atoms with Gasteiger partial charge in [-0.05, 0) is 101 Å². The first-order chi connectivity index (χ1) is 13.0. The highest BCUT2D eigenvalue weighted by atomic mass is 16.3. The van der Waals surface area contributed by atoms with Gasteiger partial charge in [-0.25, -0.2) is 0 Å². The topological polar surface area (TPSA) is 51.3 Å². The fourth-order valence-electron chi connectivity index (χ4n) is 4.82. The molecule has 2 fully saturated rings. The molecule has 4 heteroatoms. The van der Waals surface area contributed by atoms with Crippen molar-refractivity contribution in [3.05, 3.63) is 35.5 Å². The molecule has 0 spiro atoms. The Kier molecular flexibility index (Phi) is 5.58. The first kappa shape index (κ1) is 19.0. The second-order valence-corrected chi connectivity index (χ2v) is 9.36. The van der Waals surface area contributed by atoms with Crippen molar-refractivity contribution < 1.29 is 5.11 Å². The van der Waals surface area contributed by atoms with E-state index in [1.165, 1.54) is 67.5 Å². The van der Waals surface area contributed by atoms with E-state index in [0.717, 1.165) is 25.2 Å². The highest BCUT2D eigenvalue weighted by Crippen LogP contribution is 2.28. The number of nitrogens with zero attached hydrogens (tertiary/aromatic N) is 1. The summed E-state index contributed by atoms with van der Waals surface area (Å²) in [5.41, 5.74) is 3.42. The van der Waals surface area contributed by atoms with Crippen molar-refractivity contribution in [2.24, 2.45) is 5.92 Å². The minimum Gasteiger partial charge on any atom is -0.390 e. The smallest absolute Gasteiger partial charge is 0.0594 e. The van der Waals surface area contributed by atoms with Crippen LogP contribution in [0, 0.1) is 5.92 Å². The van der Waals surface area contributed by atoms with Gasteiger partial charge in [-0.2, -0.15) is 0 Å². The van der Waals surface area contributed by atoms with Gasteiger partial charge in [0.05, 0.1) is 5.60 Å². The van der Waals surface area contributed by atoms with Crippen molar-refractivity contribution in [1.82, 2.24) is 15.2 Å². The first-order valence-corrected chi connectivity index (χ1v) is 10.7. The van der Waals surface area contributed by atoms with Crippen LogP contribution in [0.15, 0.2) is 24.4 Å². The number of nitrogens with one attached hydrogen (secondary N) is 2. The Bertz CT molecular complexity index is 755. The zero-order valence-electron chi connectivity index (χ0n) is 16.9. The number of hydrogen-bond acceptors (Lipinski definition) is 3. The van der Waals surface area contributed by atoms with Crippen LogP contribution in [0.1, 0.15) is 50.7 Å². The van der Waals surface area contributed by atoms with Gasteiger partial charge < -0.3 is 15.4 Å². The predicted octanol–water partition coefficient (Wildman–Crippen LogP) is 3.49. The third kappa shape index (κ3) is 4.74. The number of aliphatic hydroxyl groups is 1. The van der Waals surface area contributed by atoms with Crippen LogP contribution in [0.2, 0.25) is 0 Å². The maximum absolute atomic E-state index is 10.0. The summed E-state index contributed by atoms with van der Waals surface area (Å²) in [5, 5.41) is 14.9. The number of benzene rings is 1. The van der Waals surface area contributed by atoms with Gasteiger partial charge in [0, 0.05) is 29.7 Å². The third-order valence-electron chi connectivity index (χ3n) is 6.47. The Hall–Kier alpha value is -1.36. The lowest BCUT2D eigenvalue weighted by Gasteiger charge is -2.27. The molecule has 3 N–H and O–H groups in total. The number of H-pyrrole nitrogens is 1. The van der Waals surface area contributed by atoms with Crippen LogP contribution < -0.4 is 5.32 Å². The van der Waals surface area contributed by atoms with Gasteiger partial charge in [0.1, 0.15) is 0 Å². The molecule has 4 rings (SSSR count). The monoisotopic (exact) mass is 369 g/mol. The van der Waals surface area contributed by atoms with Crippen molar-refractivity contribution in [1.29, 1.82) is 0 Å². The Morgan fingerprint density at radius 2 is 2.15 bits per heavy atom.